The first-order valence-electron chi connectivity index (χ1n) is 9.88. The Balaban J connectivity index is 1.86. The summed E-state index contributed by atoms with van der Waals surface area (Å²) in [6.07, 6.45) is 0. The molecule has 1 heterocycles. The van der Waals surface area contributed by atoms with Gasteiger partial charge in [-0.05, 0) is 60.7 Å². The molecule has 0 atom stereocenters. The smallest absolute Gasteiger partial charge is 0.267 e. The van der Waals surface area contributed by atoms with Gasteiger partial charge >= 0.3 is 0 Å². The van der Waals surface area contributed by atoms with Crippen LogP contribution in [0.3, 0.4) is 0 Å². The van der Waals surface area contributed by atoms with Crippen LogP contribution in [0.25, 0.3) is 0 Å². The van der Waals surface area contributed by atoms with Gasteiger partial charge in [-0.15, -0.1) is 0 Å². The molecule has 0 bridgehead atoms. The highest BCUT2D eigenvalue weighted by Crippen LogP contribution is 2.21. The lowest BCUT2D eigenvalue weighted by Gasteiger charge is -2.11. The zero-order valence-corrected chi connectivity index (χ0v) is 18.7. The minimum atomic E-state index is -3.93. The van der Waals surface area contributed by atoms with E-state index in [2.05, 4.69) is 10.4 Å². The summed E-state index contributed by atoms with van der Waals surface area (Å²) in [5.41, 5.74) is 2.94. The van der Waals surface area contributed by atoms with Crippen LogP contribution >= 0.6 is 0 Å². The van der Waals surface area contributed by atoms with E-state index in [0.29, 0.717) is 5.69 Å². The van der Waals surface area contributed by atoms with Crippen LogP contribution in [0.15, 0.2) is 69.3 Å². The zero-order valence-electron chi connectivity index (χ0n) is 17.9. The number of rotatable bonds is 6. The monoisotopic (exact) mass is 439 g/mol. The maximum Gasteiger partial charge on any atom is 0.267 e. The molecule has 3 rings (SSSR count). The van der Waals surface area contributed by atoms with Gasteiger partial charge < -0.3 is 5.32 Å². The normalized spacial score (nSPS) is 11.5. The van der Waals surface area contributed by atoms with Crippen molar-refractivity contribution in [2.24, 2.45) is 0 Å². The predicted molar refractivity (Wildman–Crippen MR) is 119 cm³/mol. The average molecular weight is 440 g/mol. The van der Waals surface area contributed by atoms with Gasteiger partial charge in [0.15, 0.2) is 5.03 Å². The van der Waals surface area contributed by atoms with E-state index >= 15 is 0 Å². The van der Waals surface area contributed by atoms with Crippen molar-refractivity contribution in [3.8, 4) is 0 Å². The Hall–Kier alpha value is -3.26. The summed E-state index contributed by atoms with van der Waals surface area (Å²) in [6, 6.07) is 14.5. The van der Waals surface area contributed by atoms with Crippen molar-refractivity contribution in [1.29, 1.82) is 0 Å². The second kappa shape index (κ2) is 8.85. The van der Waals surface area contributed by atoms with E-state index < -0.39 is 27.8 Å². The zero-order chi connectivity index (χ0) is 22.8. The molecule has 0 aliphatic rings. The Kier molecular flexibility index (Phi) is 6.40. The summed E-state index contributed by atoms with van der Waals surface area (Å²) in [4.78, 5) is 24.7. The van der Waals surface area contributed by atoms with Crippen LogP contribution in [0.2, 0.25) is 0 Å². The lowest BCUT2D eigenvalue weighted by molar-refractivity contribution is -0.117. The molecule has 2 aromatic carbocycles. The van der Waals surface area contributed by atoms with Crippen molar-refractivity contribution in [2.75, 3.05) is 5.32 Å². The van der Waals surface area contributed by atoms with Crippen molar-refractivity contribution in [1.82, 2.24) is 9.78 Å². The summed E-state index contributed by atoms with van der Waals surface area (Å²) >= 11 is 0. The summed E-state index contributed by atoms with van der Waals surface area (Å²) in [5, 5.41) is 6.41. The largest absolute Gasteiger partial charge is 0.324 e. The molecule has 0 saturated heterocycles. The average Bonchev–Trinajstić information content (AvgIpc) is 2.72. The Morgan fingerprint density at radius 2 is 1.71 bits per heavy atom. The van der Waals surface area contributed by atoms with Gasteiger partial charge in [0.25, 0.3) is 5.56 Å². The molecule has 3 aromatic rings. The number of carbonyl (C=O) groups excluding carboxylic acids is 1. The highest BCUT2D eigenvalue weighted by atomic mass is 32.2. The molecular formula is C23H25N3O4S. The molecule has 0 unspecified atom stereocenters. The van der Waals surface area contributed by atoms with Crippen molar-refractivity contribution in [3.05, 3.63) is 81.6 Å². The number of benzene rings is 2. The fourth-order valence-corrected chi connectivity index (χ4v) is 4.22. The molecule has 0 aliphatic heterocycles. The number of hydrogen-bond acceptors (Lipinski definition) is 5. The molecule has 1 N–H and O–H groups in total. The molecule has 31 heavy (non-hydrogen) atoms. The highest BCUT2D eigenvalue weighted by molar-refractivity contribution is 7.91. The van der Waals surface area contributed by atoms with Crippen LogP contribution in [-0.4, -0.2) is 24.1 Å². The third-order valence-electron chi connectivity index (χ3n) is 4.94. The van der Waals surface area contributed by atoms with Crippen LogP contribution in [-0.2, 0) is 21.2 Å². The van der Waals surface area contributed by atoms with Gasteiger partial charge in [0.1, 0.15) is 6.54 Å². The molecule has 1 aromatic heterocycles. The van der Waals surface area contributed by atoms with E-state index in [4.69, 9.17) is 0 Å². The number of anilines is 1. The Labute approximate surface area is 181 Å². The first-order chi connectivity index (χ1) is 14.6. The minimum absolute atomic E-state index is 0.0782. The second-order valence-corrected chi connectivity index (χ2v) is 9.66. The minimum Gasteiger partial charge on any atom is -0.324 e. The molecule has 7 nitrogen and oxygen atoms in total. The van der Waals surface area contributed by atoms with Crippen molar-refractivity contribution >= 4 is 21.4 Å². The number of amides is 1. The molecule has 1 amide bonds. The number of hydrogen-bond donors (Lipinski definition) is 1. The summed E-state index contributed by atoms with van der Waals surface area (Å²) in [6.45, 7) is 7.40. The Morgan fingerprint density at radius 3 is 2.35 bits per heavy atom. The molecule has 0 spiro atoms. The first kappa shape index (κ1) is 22.4. The van der Waals surface area contributed by atoms with E-state index in [-0.39, 0.29) is 15.8 Å². The number of nitrogens with one attached hydrogen (secondary N) is 1. The van der Waals surface area contributed by atoms with Gasteiger partial charge in [0.05, 0.1) is 4.90 Å². The number of sulfone groups is 1. The number of aryl methyl sites for hydroxylation is 2. The summed E-state index contributed by atoms with van der Waals surface area (Å²) in [7, 11) is -3.93. The fourth-order valence-electron chi connectivity index (χ4n) is 3.04. The molecule has 8 heteroatoms. The van der Waals surface area contributed by atoms with Crippen molar-refractivity contribution in [3.63, 3.8) is 0 Å². The summed E-state index contributed by atoms with van der Waals surface area (Å²) in [5.74, 6) is -0.202. The molecule has 162 valence electrons. The first-order valence-corrected chi connectivity index (χ1v) is 11.4. The van der Waals surface area contributed by atoms with Crippen LogP contribution in [0.5, 0.6) is 0 Å². The Morgan fingerprint density at radius 1 is 1.03 bits per heavy atom. The van der Waals surface area contributed by atoms with E-state index in [0.717, 1.165) is 33.5 Å². The van der Waals surface area contributed by atoms with E-state index in [1.807, 2.05) is 45.9 Å². The molecule has 0 fully saturated rings. The lowest BCUT2D eigenvalue weighted by atomic mass is 10.0. The number of carbonyl (C=O) groups is 1. The van der Waals surface area contributed by atoms with Crippen LogP contribution < -0.4 is 10.9 Å². The maximum absolute atomic E-state index is 13.0. The van der Waals surface area contributed by atoms with Crippen LogP contribution in [0.1, 0.15) is 36.5 Å². The third kappa shape index (κ3) is 5.08. The number of nitrogens with zero attached hydrogens (tertiary/aromatic N) is 2. The maximum atomic E-state index is 13.0. The summed E-state index contributed by atoms with van der Waals surface area (Å²) < 4.78 is 26.8. The van der Waals surface area contributed by atoms with E-state index in [9.17, 15) is 18.0 Å². The molecule has 0 aliphatic carbocycles. The number of aromatic nitrogens is 2. The van der Waals surface area contributed by atoms with Crippen LogP contribution in [0, 0.1) is 13.8 Å². The van der Waals surface area contributed by atoms with Crippen molar-refractivity contribution < 1.29 is 13.2 Å². The van der Waals surface area contributed by atoms with Crippen LogP contribution in [0.4, 0.5) is 5.69 Å². The topological polar surface area (TPSA) is 98.1 Å². The fraction of sp³-hybridized carbons (Fsp3) is 0.261. The molecule has 0 radical (unpaired) electrons. The van der Waals surface area contributed by atoms with Gasteiger partial charge in [-0.3, -0.25) is 9.59 Å². The predicted octanol–water partition coefficient (Wildman–Crippen LogP) is 3.46. The van der Waals surface area contributed by atoms with E-state index in [1.54, 1.807) is 12.1 Å². The second-order valence-electron chi connectivity index (χ2n) is 7.76. The third-order valence-corrected chi connectivity index (χ3v) is 6.60. The van der Waals surface area contributed by atoms with Crippen molar-refractivity contribution in [2.45, 2.75) is 50.1 Å². The quantitative estimate of drug-likeness (QED) is 0.634. The van der Waals surface area contributed by atoms with Gasteiger partial charge in [-0.2, -0.15) is 5.10 Å². The highest BCUT2D eigenvalue weighted by Gasteiger charge is 2.21. The molecule has 0 saturated carbocycles. The lowest BCUT2D eigenvalue weighted by Crippen LogP contribution is -2.30. The SMILES string of the molecule is Cc1ccc(C)c(NC(=O)Cn2nc(S(=O)(=O)c3ccc(C(C)C)cc3)ccc2=O)c1. The Bertz CT molecular complexity index is 1280. The van der Waals surface area contributed by atoms with Gasteiger partial charge in [0, 0.05) is 11.8 Å². The van der Waals surface area contributed by atoms with Gasteiger partial charge in [-0.1, -0.05) is 38.1 Å². The standard InChI is InChI=1S/C23H25N3O4S/c1-15(2)18-7-9-19(10-8-18)31(29,30)22-11-12-23(28)26(25-22)14-21(27)24-20-13-16(3)5-6-17(20)4/h5-13,15H,14H2,1-4H3,(H,24,27). The van der Waals surface area contributed by atoms with E-state index in [1.165, 1.54) is 12.1 Å². The molecular weight excluding hydrogens is 414 g/mol. The van der Waals surface area contributed by atoms with Gasteiger partial charge in [-0.25, -0.2) is 13.1 Å². The van der Waals surface area contributed by atoms with Gasteiger partial charge in [0.2, 0.25) is 15.7 Å².